The van der Waals surface area contributed by atoms with Crippen LogP contribution in [-0.2, 0) is 6.42 Å². The second kappa shape index (κ2) is 7.25. The monoisotopic (exact) mass is 232 g/mol. The van der Waals surface area contributed by atoms with Gasteiger partial charge in [0.25, 0.3) is 0 Å². The van der Waals surface area contributed by atoms with E-state index in [1.807, 2.05) is 0 Å². The van der Waals surface area contributed by atoms with Gasteiger partial charge in [0.1, 0.15) is 0 Å². The largest absolute Gasteiger partial charge is 0.271 e. The highest BCUT2D eigenvalue weighted by atomic mass is 15.2. The lowest BCUT2D eigenvalue weighted by atomic mass is 9.97. The number of hydrogen-bond donors (Lipinski definition) is 2. The van der Waals surface area contributed by atoms with Crippen LogP contribution in [0.5, 0.6) is 0 Å². The van der Waals surface area contributed by atoms with Crippen LogP contribution in [0, 0.1) is 6.92 Å². The Kier molecular flexibility index (Phi) is 5.95. The zero-order valence-electron chi connectivity index (χ0n) is 11.0. The van der Waals surface area contributed by atoms with Gasteiger partial charge in [-0.3, -0.25) is 11.3 Å². The van der Waals surface area contributed by atoms with E-state index in [0.29, 0.717) is 6.04 Å². The Bertz CT molecular complexity index is 358. The number of nitrogens with one attached hydrogen (secondary N) is 1. The smallest absolute Gasteiger partial charge is 0.0250 e. The maximum atomic E-state index is 5.59. The maximum Gasteiger partial charge on any atom is 0.0250 e. The van der Waals surface area contributed by atoms with Crippen molar-refractivity contribution in [3.63, 3.8) is 0 Å². The lowest BCUT2D eigenvalue weighted by Crippen LogP contribution is -2.35. The SMILES string of the molecule is C=C(CC)CC(CCc1ccccc1C)NN. The summed E-state index contributed by atoms with van der Waals surface area (Å²) in [6.07, 6.45) is 4.13. The molecule has 2 nitrogen and oxygen atoms in total. The standard InChI is InChI=1S/C15H24N2/c1-4-12(2)11-15(17-16)10-9-14-8-6-5-7-13(14)3/h5-8,15,17H,2,4,9-11,16H2,1,3H3. The average Bonchev–Trinajstić information content (AvgIpc) is 2.35. The molecule has 0 aliphatic rings. The van der Waals surface area contributed by atoms with Crippen LogP contribution in [0.2, 0.25) is 0 Å². The van der Waals surface area contributed by atoms with Gasteiger partial charge in [-0.05, 0) is 43.7 Å². The van der Waals surface area contributed by atoms with Crippen LogP contribution in [-0.4, -0.2) is 6.04 Å². The summed E-state index contributed by atoms with van der Waals surface area (Å²) in [4.78, 5) is 0. The molecule has 1 aromatic rings. The summed E-state index contributed by atoms with van der Waals surface area (Å²) in [6.45, 7) is 8.33. The summed E-state index contributed by atoms with van der Waals surface area (Å²) in [5.74, 6) is 5.59. The van der Waals surface area contributed by atoms with E-state index < -0.39 is 0 Å². The molecule has 0 radical (unpaired) electrons. The highest BCUT2D eigenvalue weighted by Gasteiger charge is 2.08. The van der Waals surface area contributed by atoms with Crippen molar-refractivity contribution in [1.29, 1.82) is 0 Å². The van der Waals surface area contributed by atoms with E-state index in [1.165, 1.54) is 16.7 Å². The number of nitrogens with two attached hydrogens (primary N) is 1. The molecule has 0 heterocycles. The Morgan fingerprint density at radius 3 is 2.71 bits per heavy atom. The van der Waals surface area contributed by atoms with Gasteiger partial charge in [-0.25, -0.2) is 0 Å². The average molecular weight is 232 g/mol. The first-order valence-electron chi connectivity index (χ1n) is 6.34. The molecule has 0 aliphatic heterocycles. The predicted octanol–water partition coefficient (Wildman–Crippen LogP) is 3.12. The molecule has 1 aromatic carbocycles. The van der Waals surface area contributed by atoms with E-state index in [-0.39, 0.29) is 0 Å². The van der Waals surface area contributed by atoms with Crippen molar-refractivity contribution in [3.05, 3.63) is 47.5 Å². The van der Waals surface area contributed by atoms with Gasteiger partial charge < -0.3 is 0 Å². The molecular formula is C15H24N2. The second-order valence-corrected chi connectivity index (χ2v) is 4.64. The summed E-state index contributed by atoms with van der Waals surface area (Å²) in [6, 6.07) is 8.86. The number of aryl methyl sites for hydroxylation is 2. The summed E-state index contributed by atoms with van der Waals surface area (Å²) in [5.41, 5.74) is 6.93. The van der Waals surface area contributed by atoms with Crippen LogP contribution >= 0.6 is 0 Å². The normalized spacial score (nSPS) is 12.4. The van der Waals surface area contributed by atoms with E-state index in [4.69, 9.17) is 5.84 Å². The maximum absolute atomic E-state index is 5.59. The van der Waals surface area contributed by atoms with Gasteiger partial charge >= 0.3 is 0 Å². The molecule has 0 amide bonds. The molecule has 0 saturated carbocycles. The molecule has 0 aliphatic carbocycles. The minimum absolute atomic E-state index is 0.335. The minimum atomic E-state index is 0.335. The van der Waals surface area contributed by atoms with Gasteiger partial charge in [-0.15, -0.1) is 0 Å². The van der Waals surface area contributed by atoms with E-state index >= 15 is 0 Å². The minimum Gasteiger partial charge on any atom is -0.271 e. The topological polar surface area (TPSA) is 38.0 Å². The van der Waals surface area contributed by atoms with Crippen LogP contribution in [0.3, 0.4) is 0 Å². The fourth-order valence-corrected chi connectivity index (χ4v) is 1.96. The van der Waals surface area contributed by atoms with E-state index in [2.05, 4.69) is 50.1 Å². The van der Waals surface area contributed by atoms with Crippen LogP contribution in [0.1, 0.15) is 37.3 Å². The summed E-state index contributed by atoms with van der Waals surface area (Å²) in [7, 11) is 0. The van der Waals surface area contributed by atoms with E-state index in [9.17, 15) is 0 Å². The fraction of sp³-hybridized carbons (Fsp3) is 0.467. The molecule has 2 heteroatoms. The number of rotatable bonds is 7. The summed E-state index contributed by atoms with van der Waals surface area (Å²) < 4.78 is 0. The molecule has 0 fully saturated rings. The molecule has 94 valence electrons. The zero-order chi connectivity index (χ0) is 12.7. The third-order valence-electron chi connectivity index (χ3n) is 3.29. The first-order valence-corrected chi connectivity index (χ1v) is 6.34. The van der Waals surface area contributed by atoms with Crippen LogP contribution in [0.25, 0.3) is 0 Å². The number of hydrogen-bond acceptors (Lipinski definition) is 2. The van der Waals surface area contributed by atoms with Crippen molar-refractivity contribution in [3.8, 4) is 0 Å². The Balaban J connectivity index is 2.48. The molecule has 1 atom stereocenters. The van der Waals surface area contributed by atoms with Gasteiger partial charge in [0.15, 0.2) is 0 Å². The third-order valence-corrected chi connectivity index (χ3v) is 3.29. The second-order valence-electron chi connectivity index (χ2n) is 4.64. The fourth-order valence-electron chi connectivity index (χ4n) is 1.96. The van der Waals surface area contributed by atoms with Gasteiger partial charge in [-0.2, -0.15) is 0 Å². The van der Waals surface area contributed by atoms with Crippen LogP contribution in [0.4, 0.5) is 0 Å². The molecule has 0 spiro atoms. The molecular weight excluding hydrogens is 208 g/mol. The third kappa shape index (κ3) is 4.72. The summed E-state index contributed by atoms with van der Waals surface area (Å²) in [5, 5.41) is 0. The molecule has 0 bridgehead atoms. The Morgan fingerprint density at radius 2 is 2.12 bits per heavy atom. The number of hydrazine groups is 1. The quantitative estimate of drug-likeness (QED) is 0.430. The molecule has 1 rings (SSSR count). The van der Waals surface area contributed by atoms with Crippen molar-refractivity contribution in [2.45, 2.75) is 45.6 Å². The van der Waals surface area contributed by atoms with Crippen molar-refractivity contribution < 1.29 is 0 Å². The highest BCUT2D eigenvalue weighted by Crippen LogP contribution is 2.14. The lowest BCUT2D eigenvalue weighted by molar-refractivity contribution is 0.486. The first kappa shape index (κ1) is 13.9. The van der Waals surface area contributed by atoms with Crippen LogP contribution in [0.15, 0.2) is 36.4 Å². The zero-order valence-corrected chi connectivity index (χ0v) is 11.0. The molecule has 0 saturated heterocycles. The van der Waals surface area contributed by atoms with Crippen LogP contribution < -0.4 is 11.3 Å². The lowest BCUT2D eigenvalue weighted by Gasteiger charge is -2.17. The Morgan fingerprint density at radius 1 is 1.41 bits per heavy atom. The van der Waals surface area contributed by atoms with Gasteiger partial charge in [0.2, 0.25) is 0 Å². The summed E-state index contributed by atoms with van der Waals surface area (Å²) >= 11 is 0. The van der Waals surface area contributed by atoms with E-state index in [1.54, 1.807) is 0 Å². The van der Waals surface area contributed by atoms with Gasteiger partial charge in [-0.1, -0.05) is 43.3 Å². The first-order chi connectivity index (χ1) is 8.17. The molecule has 3 N–H and O–H groups in total. The Hall–Kier alpha value is -1.12. The van der Waals surface area contributed by atoms with Crippen molar-refractivity contribution in [1.82, 2.24) is 5.43 Å². The van der Waals surface area contributed by atoms with Crippen molar-refractivity contribution in [2.75, 3.05) is 0 Å². The molecule has 17 heavy (non-hydrogen) atoms. The molecule has 0 aromatic heterocycles. The number of benzene rings is 1. The van der Waals surface area contributed by atoms with Gasteiger partial charge in [0, 0.05) is 6.04 Å². The highest BCUT2D eigenvalue weighted by molar-refractivity contribution is 5.25. The van der Waals surface area contributed by atoms with Crippen molar-refractivity contribution in [2.24, 2.45) is 5.84 Å². The predicted molar refractivity (Wildman–Crippen MR) is 74.7 cm³/mol. The Labute approximate surface area is 105 Å². The van der Waals surface area contributed by atoms with Crippen molar-refractivity contribution >= 4 is 0 Å². The van der Waals surface area contributed by atoms with E-state index in [0.717, 1.165) is 25.7 Å². The molecule has 1 unspecified atom stereocenters. The van der Waals surface area contributed by atoms with Gasteiger partial charge in [0.05, 0.1) is 0 Å².